The molecular weight excluding hydrogens is 230 g/mol. The molecule has 0 bridgehead atoms. The van der Waals surface area contributed by atoms with Crippen molar-refractivity contribution in [2.45, 2.75) is 19.4 Å². The first-order chi connectivity index (χ1) is 8.65. The SMILES string of the molecule is C[C@H]1CCO[C@@H]1C(=O)N(C)c1ncccc1C#N. The maximum absolute atomic E-state index is 12.3. The van der Waals surface area contributed by atoms with E-state index in [9.17, 15) is 4.79 Å². The summed E-state index contributed by atoms with van der Waals surface area (Å²) >= 11 is 0. The van der Waals surface area contributed by atoms with Crippen LogP contribution in [-0.2, 0) is 9.53 Å². The molecule has 1 aliphatic rings. The molecule has 1 aromatic heterocycles. The molecule has 0 aromatic carbocycles. The van der Waals surface area contributed by atoms with Gasteiger partial charge in [-0.05, 0) is 24.5 Å². The topological polar surface area (TPSA) is 66.2 Å². The van der Waals surface area contributed by atoms with Crippen molar-refractivity contribution in [3.63, 3.8) is 0 Å². The van der Waals surface area contributed by atoms with Gasteiger partial charge in [-0.2, -0.15) is 5.26 Å². The van der Waals surface area contributed by atoms with Crippen molar-refractivity contribution in [3.05, 3.63) is 23.9 Å². The highest BCUT2D eigenvalue weighted by atomic mass is 16.5. The smallest absolute Gasteiger partial charge is 0.257 e. The number of carbonyl (C=O) groups excluding carboxylic acids is 1. The summed E-state index contributed by atoms with van der Waals surface area (Å²) in [6.45, 7) is 2.60. The van der Waals surface area contributed by atoms with Gasteiger partial charge in [-0.1, -0.05) is 6.92 Å². The zero-order valence-corrected chi connectivity index (χ0v) is 10.5. The lowest BCUT2D eigenvalue weighted by Crippen LogP contribution is -2.39. The lowest BCUT2D eigenvalue weighted by Gasteiger charge is -2.22. The van der Waals surface area contributed by atoms with Crippen LogP contribution >= 0.6 is 0 Å². The quantitative estimate of drug-likeness (QED) is 0.788. The summed E-state index contributed by atoms with van der Waals surface area (Å²) in [5, 5.41) is 9.01. The molecule has 1 fully saturated rings. The molecule has 0 radical (unpaired) electrons. The van der Waals surface area contributed by atoms with Crippen LogP contribution in [0, 0.1) is 17.2 Å². The third-order valence-electron chi connectivity index (χ3n) is 3.19. The van der Waals surface area contributed by atoms with Gasteiger partial charge >= 0.3 is 0 Å². The minimum absolute atomic E-state index is 0.143. The van der Waals surface area contributed by atoms with Gasteiger partial charge in [-0.3, -0.25) is 9.69 Å². The summed E-state index contributed by atoms with van der Waals surface area (Å²) in [5.41, 5.74) is 0.388. The molecule has 0 unspecified atom stereocenters. The first kappa shape index (κ1) is 12.5. The number of aromatic nitrogens is 1. The Morgan fingerprint density at radius 3 is 3.06 bits per heavy atom. The standard InChI is InChI=1S/C13H15N3O2/c1-9-5-7-18-11(9)13(17)16(2)12-10(8-14)4-3-6-15-12/h3-4,6,9,11H,5,7H2,1-2H3/t9-,11-/m0/s1. The number of rotatable bonds is 2. The summed E-state index contributed by atoms with van der Waals surface area (Å²) in [7, 11) is 1.62. The number of ether oxygens (including phenoxy) is 1. The van der Waals surface area contributed by atoms with Gasteiger partial charge in [0.05, 0.1) is 5.56 Å². The third kappa shape index (κ3) is 2.20. The van der Waals surface area contributed by atoms with E-state index < -0.39 is 6.10 Å². The second kappa shape index (κ2) is 5.15. The van der Waals surface area contributed by atoms with Gasteiger partial charge in [-0.25, -0.2) is 4.98 Å². The average molecular weight is 245 g/mol. The van der Waals surface area contributed by atoms with E-state index >= 15 is 0 Å². The van der Waals surface area contributed by atoms with Crippen molar-refractivity contribution in [1.29, 1.82) is 5.26 Å². The molecule has 1 saturated heterocycles. The zero-order chi connectivity index (χ0) is 13.1. The van der Waals surface area contributed by atoms with Crippen LogP contribution in [0.5, 0.6) is 0 Å². The van der Waals surface area contributed by atoms with Gasteiger partial charge in [0, 0.05) is 19.9 Å². The first-order valence-electron chi connectivity index (χ1n) is 5.89. The molecule has 5 nitrogen and oxygen atoms in total. The predicted octanol–water partition coefficient (Wildman–Crippen LogP) is 1.34. The number of nitriles is 1. The highest BCUT2D eigenvalue weighted by molar-refractivity contribution is 5.96. The lowest BCUT2D eigenvalue weighted by molar-refractivity contribution is -0.128. The number of likely N-dealkylation sites (N-methyl/N-ethyl adjacent to an activating group) is 1. The summed E-state index contributed by atoms with van der Waals surface area (Å²) < 4.78 is 5.44. The van der Waals surface area contributed by atoms with Gasteiger partial charge in [0.15, 0.2) is 5.82 Å². The highest BCUT2D eigenvalue weighted by Gasteiger charge is 2.34. The highest BCUT2D eigenvalue weighted by Crippen LogP contribution is 2.24. The van der Waals surface area contributed by atoms with Crippen molar-refractivity contribution in [3.8, 4) is 6.07 Å². The fourth-order valence-electron chi connectivity index (χ4n) is 2.06. The molecular formula is C13H15N3O2. The zero-order valence-electron chi connectivity index (χ0n) is 10.5. The van der Waals surface area contributed by atoms with Crippen LogP contribution in [0.4, 0.5) is 5.82 Å². The monoisotopic (exact) mass is 245 g/mol. The number of hydrogen-bond acceptors (Lipinski definition) is 4. The van der Waals surface area contributed by atoms with E-state index in [2.05, 4.69) is 4.98 Å². The van der Waals surface area contributed by atoms with E-state index in [-0.39, 0.29) is 11.8 Å². The molecule has 2 rings (SSSR count). The van der Waals surface area contributed by atoms with E-state index in [0.29, 0.717) is 18.0 Å². The Morgan fingerprint density at radius 2 is 2.44 bits per heavy atom. The summed E-state index contributed by atoms with van der Waals surface area (Å²) in [5.74, 6) is 0.442. The van der Waals surface area contributed by atoms with E-state index in [4.69, 9.17) is 10.00 Å². The molecule has 5 heteroatoms. The van der Waals surface area contributed by atoms with Crippen molar-refractivity contribution in [2.75, 3.05) is 18.6 Å². The molecule has 1 amide bonds. The molecule has 0 aliphatic carbocycles. The Hall–Kier alpha value is -1.93. The van der Waals surface area contributed by atoms with Crippen LogP contribution < -0.4 is 4.90 Å². The van der Waals surface area contributed by atoms with Crippen LogP contribution in [0.2, 0.25) is 0 Å². The molecule has 18 heavy (non-hydrogen) atoms. The summed E-state index contributed by atoms with van der Waals surface area (Å²) in [6.07, 6.45) is 2.03. The molecule has 2 atom stereocenters. The fourth-order valence-corrected chi connectivity index (χ4v) is 2.06. The minimum atomic E-state index is -0.427. The van der Waals surface area contributed by atoms with Crippen LogP contribution in [-0.4, -0.2) is 30.6 Å². The number of hydrogen-bond donors (Lipinski definition) is 0. The normalized spacial score (nSPS) is 22.5. The van der Waals surface area contributed by atoms with Gasteiger partial charge in [-0.15, -0.1) is 0 Å². The Kier molecular flexibility index (Phi) is 3.58. The third-order valence-corrected chi connectivity index (χ3v) is 3.19. The van der Waals surface area contributed by atoms with E-state index in [1.54, 1.807) is 25.4 Å². The Balaban J connectivity index is 2.23. The molecule has 0 N–H and O–H groups in total. The molecule has 0 spiro atoms. The average Bonchev–Trinajstić information content (AvgIpc) is 2.83. The van der Waals surface area contributed by atoms with Crippen molar-refractivity contribution in [1.82, 2.24) is 4.98 Å². The molecule has 0 saturated carbocycles. The van der Waals surface area contributed by atoms with Crippen molar-refractivity contribution >= 4 is 11.7 Å². The van der Waals surface area contributed by atoms with Crippen molar-refractivity contribution in [2.24, 2.45) is 5.92 Å². The largest absolute Gasteiger partial charge is 0.368 e. The number of carbonyl (C=O) groups is 1. The van der Waals surface area contributed by atoms with Crippen LogP contribution in [0.25, 0.3) is 0 Å². The Labute approximate surface area is 106 Å². The van der Waals surface area contributed by atoms with Gasteiger partial charge in [0.25, 0.3) is 5.91 Å². The maximum Gasteiger partial charge on any atom is 0.257 e. The second-order valence-electron chi connectivity index (χ2n) is 4.44. The van der Waals surface area contributed by atoms with E-state index in [1.165, 1.54) is 4.90 Å². The van der Waals surface area contributed by atoms with Crippen LogP contribution in [0.15, 0.2) is 18.3 Å². The maximum atomic E-state index is 12.3. The van der Waals surface area contributed by atoms with Crippen LogP contribution in [0.3, 0.4) is 0 Å². The molecule has 1 aliphatic heterocycles. The number of amides is 1. The van der Waals surface area contributed by atoms with E-state index in [0.717, 1.165) is 6.42 Å². The van der Waals surface area contributed by atoms with Gasteiger partial charge in [0.1, 0.15) is 12.2 Å². The van der Waals surface area contributed by atoms with Crippen LogP contribution in [0.1, 0.15) is 18.9 Å². The molecule has 94 valence electrons. The predicted molar refractivity (Wildman–Crippen MR) is 65.9 cm³/mol. The second-order valence-corrected chi connectivity index (χ2v) is 4.44. The Bertz CT molecular complexity index is 495. The summed E-state index contributed by atoms with van der Waals surface area (Å²) in [4.78, 5) is 17.8. The summed E-state index contributed by atoms with van der Waals surface area (Å²) in [6, 6.07) is 5.36. The first-order valence-corrected chi connectivity index (χ1v) is 5.89. The minimum Gasteiger partial charge on any atom is -0.368 e. The number of pyridine rings is 1. The van der Waals surface area contributed by atoms with Crippen molar-refractivity contribution < 1.29 is 9.53 Å². The number of nitrogens with zero attached hydrogens (tertiary/aromatic N) is 3. The number of anilines is 1. The van der Waals surface area contributed by atoms with Gasteiger partial charge < -0.3 is 4.74 Å². The molecule has 2 heterocycles. The fraction of sp³-hybridized carbons (Fsp3) is 0.462. The lowest BCUT2D eigenvalue weighted by atomic mass is 10.0. The van der Waals surface area contributed by atoms with Gasteiger partial charge in [0.2, 0.25) is 0 Å². The van der Waals surface area contributed by atoms with E-state index in [1.807, 2.05) is 13.0 Å². The molecule has 1 aromatic rings. The Morgan fingerprint density at radius 1 is 1.67 bits per heavy atom.